The second-order valence-corrected chi connectivity index (χ2v) is 6.07. The van der Waals surface area contributed by atoms with Crippen LogP contribution >= 0.6 is 11.6 Å². The standard InChI is InChI=1S/C15H24ClN3O/c1-4-15(3,18-9-7-6-8-10-18)14(20)13-12(16)11-17-19(13)5-2/h11H,4-10H2,1-3H3. The second kappa shape index (κ2) is 6.27. The number of carbonyl (C=O) groups is 1. The Kier molecular flexibility index (Phi) is 4.86. The molecule has 1 saturated heterocycles. The van der Waals surface area contributed by atoms with Crippen LogP contribution < -0.4 is 0 Å². The zero-order valence-electron chi connectivity index (χ0n) is 12.7. The Labute approximate surface area is 126 Å². The molecule has 0 amide bonds. The Hall–Kier alpha value is -0.870. The molecular weight excluding hydrogens is 274 g/mol. The van der Waals surface area contributed by atoms with Crippen molar-refractivity contribution in [3.63, 3.8) is 0 Å². The van der Waals surface area contributed by atoms with E-state index in [1.807, 2.05) is 13.8 Å². The second-order valence-electron chi connectivity index (χ2n) is 5.66. The van der Waals surface area contributed by atoms with Crippen LogP contribution in [0.25, 0.3) is 0 Å². The molecule has 0 aliphatic carbocycles. The number of hydrogen-bond donors (Lipinski definition) is 0. The topological polar surface area (TPSA) is 38.1 Å². The van der Waals surface area contributed by atoms with E-state index in [-0.39, 0.29) is 5.78 Å². The van der Waals surface area contributed by atoms with Crippen LogP contribution in [0.5, 0.6) is 0 Å². The summed E-state index contributed by atoms with van der Waals surface area (Å²) < 4.78 is 1.71. The molecule has 0 N–H and O–H groups in total. The number of carbonyl (C=O) groups excluding carboxylic acids is 1. The number of Topliss-reactive ketones (excluding diaryl/α,β-unsaturated/α-hetero) is 1. The van der Waals surface area contributed by atoms with Crippen LogP contribution in [0.15, 0.2) is 6.20 Å². The van der Waals surface area contributed by atoms with Gasteiger partial charge in [0.15, 0.2) is 0 Å². The zero-order chi connectivity index (χ0) is 14.8. The quantitative estimate of drug-likeness (QED) is 0.782. The third kappa shape index (κ3) is 2.63. The third-order valence-corrected chi connectivity index (χ3v) is 4.82. The van der Waals surface area contributed by atoms with Crippen molar-refractivity contribution in [2.24, 2.45) is 0 Å². The van der Waals surface area contributed by atoms with Gasteiger partial charge in [0.2, 0.25) is 5.78 Å². The number of likely N-dealkylation sites (tertiary alicyclic amines) is 1. The molecule has 1 unspecified atom stereocenters. The third-order valence-electron chi connectivity index (χ3n) is 4.54. The average Bonchev–Trinajstić information content (AvgIpc) is 2.87. The van der Waals surface area contributed by atoms with E-state index in [9.17, 15) is 4.79 Å². The largest absolute Gasteiger partial charge is 0.291 e. The molecule has 112 valence electrons. The molecule has 1 atom stereocenters. The fourth-order valence-electron chi connectivity index (χ4n) is 3.00. The molecule has 4 nitrogen and oxygen atoms in total. The van der Waals surface area contributed by atoms with Gasteiger partial charge in [0.05, 0.1) is 16.8 Å². The Bertz CT molecular complexity index is 479. The SMILES string of the molecule is CCn1ncc(Cl)c1C(=O)C(C)(CC)N1CCCCC1. The maximum Gasteiger partial charge on any atom is 0.202 e. The molecule has 1 fully saturated rings. The molecule has 0 spiro atoms. The Morgan fingerprint density at radius 2 is 2.00 bits per heavy atom. The zero-order valence-corrected chi connectivity index (χ0v) is 13.4. The predicted molar refractivity (Wildman–Crippen MR) is 81.4 cm³/mol. The molecule has 1 aliphatic rings. The van der Waals surface area contributed by atoms with Gasteiger partial charge < -0.3 is 0 Å². The predicted octanol–water partition coefficient (Wildman–Crippen LogP) is 3.39. The Morgan fingerprint density at radius 1 is 1.35 bits per heavy atom. The number of halogens is 1. The highest BCUT2D eigenvalue weighted by atomic mass is 35.5. The van der Waals surface area contributed by atoms with Crippen LogP contribution in [0.4, 0.5) is 0 Å². The maximum absolute atomic E-state index is 13.1. The molecular formula is C15H24ClN3O. The number of hydrogen-bond acceptors (Lipinski definition) is 3. The van der Waals surface area contributed by atoms with Crippen LogP contribution in [0.3, 0.4) is 0 Å². The number of aromatic nitrogens is 2. The molecule has 20 heavy (non-hydrogen) atoms. The maximum atomic E-state index is 13.1. The van der Waals surface area contributed by atoms with Crippen LogP contribution in [-0.2, 0) is 6.54 Å². The van der Waals surface area contributed by atoms with Crippen LogP contribution in [0.2, 0.25) is 5.02 Å². The summed E-state index contributed by atoms with van der Waals surface area (Å²) in [5.74, 6) is 0.103. The van der Waals surface area contributed by atoms with E-state index in [0.717, 1.165) is 19.5 Å². The summed E-state index contributed by atoms with van der Waals surface area (Å²) in [5.41, 5.74) is 0.0842. The first-order valence-electron chi connectivity index (χ1n) is 7.55. The molecule has 2 heterocycles. The van der Waals surface area contributed by atoms with E-state index in [4.69, 9.17) is 11.6 Å². The lowest BCUT2D eigenvalue weighted by Crippen LogP contribution is -2.54. The minimum absolute atomic E-state index is 0.103. The van der Waals surface area contributed by atoms with Gasteiger partial charge in [-0.2, -0.15) is 5.10 Å². The van der Waals surface area contributed by atoms with E-state index >= 15 is 0 Å². The van der Waals surface area contributed by atoms with Crippen molar-refractivity contribution in [1.82, 2.24) is 14.7 Å². The molecule has 2 rings (SSSR count). The Balaban J connectivity index is 2.34. The first-order valence-corrected chi connectivity index (χ1v) is 7.93. The van der Waals surface area contributed by atoms with Crippen molar-refractivity contribution < 1.29 is 4.79 Å². The molecule has 0 bridgehead atoms. The summed E-state index contributed by atoms with van der Waals surface area (Å²) in [6, 6.07) is 0. The van der Waals surface area contributed by atoms with Crippen LogP contribution in [0.1, 0.15) is 56.9 Å². The van der Waals surface area contributed by atoms with Crippen molar-refractivity contribution in [2.45, 2.75) is 58.5 Å². The summed E-state index contributed by atoms with van der Waals surface area (Å²) >= 11 is 6.20. The van der Waals surface area contributed by atoms with Crippen LogP contribution in [-0.4, -0.2) is 39.1 Å². The van der Waals surface area contributed by atoms with Gasteiger partial charge in [-0.15, -0.1) is 0 Å². The van der Waals surface area contributed by atoms with Gasteiger partial charge in [0.1, 0.15) is 5.69 Å². The van der Waals surface area contributed by atoms with Gasteiger partial charge in [0, 0.05) is 6.54 Å². The van der Waals surface area contributed by atoms with Crippen molar-refractivity contribution in [1.29, 1.82) is 0 Å². The molecule has 1 aromatic rings. The first-order chi connectivity index (χ1) is 9.54. The summed E-state index contributed by atoms with van der Waals surface area (Å²) in [6.07, 6.45) is 5.97. The highest BCUT2D eigenvalue weighted by Gasteiger charge is 2.40. The molecule has 5 heteroatoms. The first kappa shape index (κ1) is 15.5. The van der Waals surface area contributed by atoms with Gasteiger partial charge in [-0.05, 0) is 46.2 Å². The smallest absolute Gasteiger partial charge is 0.202 e. The number of rotatable bonds is 5. The molecule has 1 aliphatic heterocycles. The van der Waals surface area contributed by atoms with E-state index in [2.05, 4.69) is 16.9 Å². The van der Waals surface area contributed by atoms with E-state index < -0.39 is 5.54 Å². The minimum atomic E-state index is -0.475. The molecule has 0 saturated carbocycles. The fourth-order valence-corrected chi connectivity index (χ4v) is 3.23. The molecule has 0 aromatic carbocycles. The number of aryl methyl sites for hydroxylation is 1. The van der Waals surface area contributed by atoms with Gasteiger partial charge in [-0.25, -0.2) is 0 Å². The minimum Gasteiger partial charge on any atom is -0.291 e. The fraction of sp³-hybridized carbons (Fsp3) is 0.733. The number of ketones is 1. The summed E-state index contributed by atoms with van der Waals surface area (Å²) in [7, 11) is 0. The lowest BCUT2D eigenvalue weighted by molar-refractivity contribution is 0.0495. The van der Waals surface area contributed by atoms with Crippen LogP contribution in [0, 0.1) is 0 Å². The average molecular weight is 298 g/mol. The van der Waals surface area contributed by atoms with E-state index in [1.165, 1.54) is 19.3 Å². The molecule has 0 radical (unpaired) electrons. The summed E-state index contributed by atoms with van der Waals surface area (Å²) in [6.45, 7) is 8.75. The van der Waals surface area contributed by atoms with Gasteiger partial charge in [-0.1, -0.05) is 24.9 Å². The van der Waals surface area contributed by atoms with Crippen molar-refractivity contribution in [3.05, 3.63) is 16.9 Å². The lowest BCUT2D eigenvalue weighted by atomic mass is 9.87. The van der Waals surface area contributed by atoms with Gasteiger partial charge in [-0.3, -0.25) is 14.4 Å². The highest BCUT2D eigenvalue weighted by Crippen LogP contribution is 2.30. The van der Waals surface area contributed by atoms with Gasteiger partial charge >= 0.3 is 0 Å². The summed E-state index contributed by atoms with van der Waals surface area (Å²) in [5, 5.41) is 4.66. The number of piperidine rings is 1. The summed E-state index contributed by atoms with van der Waals surface area (Å²) in [4.78, 5) is 15.4. The monoisotopic (exact) mass is 297 g/mol. The normalized spacial score (nSPS) is 19.8. The molecule has 1 aromatic heterocycles. The Morgan fingerprint density at radius 3 is 2.55 bits per heavy atom. The lowest BCUT2D eigenvalue weighted by Gasteiger charge is -2.41. The van der Waals surface area contributed by atoms with Gasteiger partial charge in [0.25, 0.3) is 0 Å². The van der Waals surface area contributed by atoms with Crippen molar-refractivity contribution in [2.75, 3.05) is 13.1 Å². The highest BCUT2D eigenvalue weighted by molar-refractivity contribution is 6.34. The van der Waals surface area contributed by atoms with Crippen molar-refractivity contribution >= 4 is 17.4 Å². The van der Waals surface area contributed by atoms with E-state index in [0.29, 0.717) is 17.3 Å². The van der Waals surface area contributed by atoms with E-state index in [1.54, 1.807) is 10.9 Å². The number of nitrogens with zero attached hydrogens (tertiary/aromatic N) is 3. The van der Waals surface area contributed by atoms with Crippen molar-refractivity contribution in [3.8, 4) is 0 Å².